The minimum Gasteiger partial charge on any atom is -0.296 e. The molecule has 1 aromatic rings. The number of benzene rings is 1. The number of rotatable bonds is 3. The maximum absolute atomic E-state index is 6.04. The predicted octanol–water partition coefficient (Wildman–Crippen LogP) is 3.10. The van der Waals surface area contributed by atoms with E-state index in [-0.39, 0.29) is 18.2 Å². The molecule has 13 heavy (non-hydrogen) atoms. The number of hydrogen-bond donors (Lipinski definition) is 0. The molecule has 0 radical (unpaired) electrons. The van der Waals surface area contributed by atoms with Crippen molar-refractivity contribution in [2.45, 2.75) is 26.7 Å². The van der Waals surface area contributed by atoms with Crippen molar-refractivity contribution < 1.29 is 0 Å². The summed E-state index contributed by atoms with van der Waals surface area (Å²) in [6.07, 6.45) is 2.17. The van der Waals surface area contributed by atoms with Crippen LogP contribution in [0.5, 0.6) is 0 Å². The number of halogens is 2. The predicted molar refractivity (Wildman–Crippen MR) is 64.5 cm³/mol. The quantitative estimate of drug-likeness (QED) is 0.741. The highest BCUT2D eigenvalue weighted by atomic mass is 79.9. The smallest absolute Gasteiger partial charge is 0.296 e. The summed E-state index contributed by atoms with van der Waals surface area (Å²) in [6, 6.07) is 4.20. The molecule has 0 aromatic heterocycles. The van der Waals surface area contributed by atoms with Crippen molar-refractivity contribution >= 4 is 46.4 Å². The average Bonchev–Trinajstić information content (AvgIpc) is 2.16. The van der Waals surface area contributed by atoms with Gasteiger partial charge in [0.25, 0.3) is 0 Å². The van der Waals surface area contributed by atoms with Crippen LogP contribution in [0.2, 0.25) is 5.02 Å². The second kappa shape index (κ2) is 5.59. The standard InChI is InChI=1S/C10H12Cl.BrH.Mg/c1-3-8-5-9(4-2)7-10(11)6-8;;/h6-7H,3-4H2,1-2H3;1H;/q;;+1/p-1. The zero-order chi connectivity index (χ0) is 9.84. The summed E-state index contributed by atoms with van der Waals surface area (Å²) in [5, 5.41) is 0.882. The third kappa shape index (κ3) is 2.85. The molecule has 0 spiro atoms. The Hall–Kier alpha value is 0.756. The summed E-state index contributed by atoms with van der Waals surface area (Å²) in [4.78, 5) is 0. The van der Waals surface area contributed by atoms with E-state index in [1.54, 1.807) is 3.69 Å². The van der Waals surface area contributed by atoms with Gasteiger partial charge in [-0.25, -0.2) is 0 Å². The first kappa shape index (κ1) is 11.8. The maximum atomic E-state index is 6.04. The lowest BCUT2D eigenvalue weighted by Crippen LogP contribution is -2.19. The fourth-order valence-corrected chi connectivity index (χ4v) is 5.03. The average molecular weight is 272 g/mol. The molecule has 0 N–H and O–H groups in total. The third-order valence-corrected chi connectivity index (χ3v) is 5.37. The van der Waals surface area contributed by atoms with E-state index in [0.717, 1.165) is 17.9 Å². The van der Waals surface area contributed by atoms with E-state index in [1.807, 2.05) is 0 Å². The van der Waals surface area contributed by atoms with Gasteiger partial charge in [0.2, 0.25) is 0 Å². The molecule has 0 saturated heterocycles. The van der Waals surface area contributed by atoms with Gasteiger partial charge in [-0.3, -0.25) is 12.9 Å². The van der Waals surface area contributed by atoms with Gasteiger partial charge in [-0.05, 0) is 25.0 Å². The molecule has 0 unspecified atom stereocenters. The van der Waals surface area contributed by atoms with Gasteiger partial charge in [0.05, 0.1) is 0 Å². The highest BCUT2D eigenvalue weighted by Crippen LogP contribution is 2.14. The van der Waals surface area contributed by atoms with Crippen molar-refractivity contribution in [3.8, 4) is 0 Å². The van der Waals surface area contributed by atoms with Crippen LogP contribution in [0.1, 0.15) is 25.0 Å². The van der Waals surface area contributed by atoms with Gasteiger partial charge in [-0.1, -0.05) is 36.6 Å². The molecule has 3 heteroatoms. The number of aryl methyl sites for hydroxylation is 2. The second-order valence-corrected chi connectivity index (χ2v) is 6.14. The monoisotopic (exact) mass is 270 g/mol. The van der Waals surface area contributed by atoms with Crippen molar-refractivity contribution in [2.75, 3.05) is 0 Å². The first-order valence-corrected chi connectivity index (χ1v) is 9.57. The van der Waals surface area contributed by atoms with Gasteiger partial charge in [-0.15, -0.1) is 3.69 Å². The Bertz CT molecular complexity index is 274. The molecule has 68 valence electrons. The molecule has 0 aliphatic rings. The highest BCUT2D eigenvalue weighted by molar-refractivity contribution is 9.23. The molecule has 0 aliphatic heterocycles. The van der Waals surface area contributed by atoms with E-state index < -0.39 is 0 Å². The van der Waals surface area contributed by atoms with Crippen molar-refractivity contribution in [3.63, 3.8) is 0 Å². The van der Waals surface area contributed by atoms with Gasteiger partial charge in [0, 0.05) is 5.02 Å². The van der Waals surface area contributed by atoms with Crippen LogP contribution >= 0.6 is 24.5 Å². The zero-order valence-corrected chi connectivity index (χ0v) is 11.8. The molecule has 0 bridgehead atoms. The van der Waals surface area contributed by atoms with Crippen LogP contribution in [-0.2, 0) is 12.8 Å². The maximum Gasteiger partial charge on any atom is 0.507 e. The molecule has 0 heterocycles. The lowest BCUT2D eigenvalue weighted by Gasteiger charge is -2.11. The van der Waals surface area contributed by atoms with Crippen LogP contribution in [0.25, 0.3) is 0 Å². The van der Waals surface area contributed by atoms with Gasteiger partial charge < -0.3 is 0 Å². The van der Waals surface area contributed by atoms with Crippen LogP contribution in [-0.4, -0.2) is 18.2 Å². The Morgan fingerprint density at radius 1 is 1.23 bits per heavy atom. The summed E-state index contributed by atoms with van der Waals surface area (Å²) in [6.45, 7) is 4.37. The van der Waals surface area contributed by atoms with Gasteiger partial charge in [0.15, 0.2) is 0 Å². The topological polar surface area (TPSA) is 0 Å². The van der Waals surface area contributed by atoms with Crippen LogP contribution in [0.4, 0.5) is 0 Å². The SMILES string of the molecule is CCc1cc(Cl)cc(CC)[c]1[Mg][Br]. The van der Waals surface area contributed by atoms with E-state index in [1.165, 1.54) is 11.1 Å². The fraction of sp³-hybridized carbons (Fsp3) is 0.400. The Morgan fingerprint density at radius 3 is 2.00 bits per heavy atom. The van der Waals surface area contributed by atoms with E-state index >= 15 is 0 Å². The minimum absolute atomic E-state index is 0.251. The molecule has 0 nitrogen and oxygen atoms in total. The highest BCUT2D eigenvalue weighted by Gasteiger charge is 2.08. The van der Waals surface area contributed by atoms with Crippen molar-refractivity contribution in [1.82, 2.24) is 0 Å². The Kier molecular flexibility index (Phi) is 5.09. The summed E-state index contributed by atoms with van der Waals surface area (Å²) in [5.41, 5.74) is 2.85. The first-order valence-electron chi connectivity index (χ1n) is 4.59. The Labute approximate surface area is 101 Å². The van der Waals surface area contributed by atoms with Gasteiger partial charge >= 0.3 is 18.2 Å². The van der Waals surface area contributed by atoms with Crippen LogP contribution in [0.15, 0.2) is 12.1 Å². The molecule has 0 aliphatic carbocycles. The molecule has 0 saturated carbocycles. The number of hydrogen-bond acceptors (Lipinski definition) is 0. The van der Waals surface area contributed by atoms with E-state index in [9.17, 15) is 0 Å². The molecular weight excluding hydrogens is 260 g/mol. The van der Waals surface area contributed by atoms with E-state index in [2.05, 4.69) is 38.9 Å². The summed E-state index contributed by atoms with van der Waals surface area (Å²) in [7, 11) is 0. The fourth-order valence-electron chi connectivity index (χ4n) is 1.56. The Balaban J connectivity index is 3.25. The van der Waals surface area contributed by atoms with Crippen LogP contribution < -0.4 is 3.69 Å². The van der Waals surface area contributed by atoms with Crippen molar-refractivity contribution in [2.24, 2.45) is 0 Å². The largest absolute Gasteiger partial charge is 0.507 e. The normalized spacial score (nSPS) is 9.85. The molecule has 1 rings (SSSR count). The van der Waals surface area contributed by atoms with Crippen LogP contribution in [0, 0.1) is 0 Å². The van der Waals surface area contributed by atoms with Crippen LogP contribution in [0.3, 0.4) is 0 Å². The lowest BCUT2D eigenvalue weighted by atomic mass is 10.1. The summed E-state index contributed by atoms with van der Waals surface area (Å²) in [5.74, 6) is 0. The first-order chi connectivity index (χ1) is 6.22. The molecule has 1 aromatic carbocycles. The molecule has 0 atom stereocenters. The molecule has 0 fully saturated rings. The second-order valence-electron chi connectivity index (χ2n) is 3.04. The van der Waals surface area contributed by atoms with Gasteiger partial charge in [0.1, 0.15) is 0 Å². The minimum atomic E-state index is -0.251. The Morgan fingerprint density at radius 2 is 1.69 bits per heavy atom. The lowest BCUT2D eigenvalue weighted by molar-refractivity contribution is 1.11. The van der Waals surface area contributed by atoms with Crippen molar-refractivity contribution in [3.05, 3.63) is 28.3 Å². The molecular formula is C10H12BrClMg. The van der Waals surface area contributed by atoms with E-state index in [0.29, 0.717) is 0 Å². The summed E-state index contributed by atoms with van der Waals surface area (Å²) < 4.78 is 1.55. The summed E-state index contributed by atoms with van der Waals surface area (Å²) >= 11 is 9.45. The molecule has 0 amide bonds. The van der Waals surface area contributed by atoms with Crippen molar-refractivity contribution in [1.29, 1.82) is 0 Å². The third-order valence-electron chi connectivity index (χ3n) is 2.29. The van der Waals surface area contributed by atoms with E-state index in [4.69, 9.17) is 11.6 Å². The van der Waals surface area contributed by atoms with Gasteiger partial charge in [-0.2, -0.15) is 0 Å². The zero-order valence-electron chi connectivity index (χ0n) is 8.03.